The minimum absolute atomic E-state index is 0.0729. The molecule has 2 aromatic rings. The summed E-state index contributed by atoms with van der Waals surface area (Å²) in [6.07, 6.45) is 1.64. The Morgan fingerprint density at radius 1 is 1.07 bits per heavy atom. The van der Waals surface area contributed by atoms with Gasteiger partial charge in [0, 0.05) is 17.4 Å². The minimum Gasteiger partial charge on any atom is -0.493 e. The fraction of sp³-hybridized carbons (Fsp3) is 0.381. The van der Waals surface area contributed by atoms with Gasteiger partial charge in [-0.05, 0) is 42.5 Å². The Kier molecular flexibility index (Phi) is 7.66. The van der Waals surface area contributed by atoms with Crippen LogP contribution in [0.2, 0.25) is 0 Å². The Labute approximate surface area is 175 Å². The number of sulfone groups is 1. The number of carbonyl (C=O) groups excluding carboxylic acids is 1. The van der Waals surface area contributed by atoms with Crippen LogP contribution < -0.4 is 19.9 Å². The van der Waals surface area contributed by atoms with E-state index in [1.165, 1.54) is 39.5 Å². The zero-order chi connectivity index (χ0) is 22.5. The van der Waals surface area contributed by atoms with Crippen molar-refractivity contribution in [2.75, 3.05) is 33.3 Å². The summed E-state index contributed by atoms with van der Waals surface area (Å²) in [7, 11) is 1.06. The van der Waals surface area contributed by atoms with Gasteiger partial charge in [0.05, 0.1) is 27.1 Å². The predicted molar refractivity (Wildman–Crippen MR) is 112 cm³/mol. The third-order valence-electron chi connectivity index (χ3n) is 4.83. The molecule has 0 saturated heterocycles. The number of ether oxygens (including phenoxy) is 3. The van der Waals surface area contributed by atoms with Crippen molar-refractivity contribution < 1.29 is 31.8 Å². The summed E-state index contributed by atoms with van der Waals surface area (Å²) >= 11 is 0. The third-order valence-corrected chi connectivity index (χ3v) is 5.80. The average molecular weight is 440 g/mol. The number of methoxy groups -OCH3 is 3. The van der Waals surface area contributed by atoms with E-state index in [4.69, 9.17) is 19.9 Å². The van der Waals surface area contributed by atoms with E-state index in [2.05, 4.69) is 0 Å². The van der Waals surface area contributed by atoms with Crippen LogP contribution in [-0.2, 0) is 16.3 Å². The lowest BCUT2D eigenvalue weighted by atomic mass is 9.87. The molecule has 2 N–H and O–H groups in total. The Balaban J connectivity index is 2.62. The van der Waals surface area contributed by atoms with Crippen molar-refractivity contribution in [2.45, 2.75) is 18.8 Å². The predicted octanol–water partition coefficient (Wildman–Crippen LogP) is 2.71. The van der Waals surface area contributed by atoms with Gasteiger partial charge in [0.15, 0.2) is 11.5 Å². The van der Waals surface area contributed by atoms with Crippen molar-refractivity contribution >= 4 is 15.7 Å². The van der Waals surface area contributed by atoms with Crippen molar-refractivity contribution in [3.05, 3.63) is 52.8 Å². The Hall–Kier alpha value is -2.81. The van der Waals surface area contributed by atoms with Gasteiger partial charge in [-0.25, -0.2) is 12.8 Å². The molecule has 0 heterocycles. The van der Waals surface area contributed by atoms with Gasteiger partial charge in [-0.3, -0.25) is 4.79 Å². The van der Waals surface area contributed by atoms with Crippen molar-refractivity contribution in [3.63, 3.8) is 0 Å². The molecule has 0 radical (unpaired) electrons. The monoisotopic (exact) mass is 439 g/mol. The van der Waals surface area contributed by atoms with Crippen LogP contribution in [-0.4, -0.2) is 47.7 Å². The summed E-state index contributed by atoms with van der Waals surface area (Å²) in [6, 6.07) is 7.28. The molecule has 7 nitrogen and oxygen atoms in total. The first-order chi connectivity index (χ1) is 14.1. The van der Waals surface area contributed by atoms with Crippen LogP contribution in [0.15, 0.2) is 30.3 Å². The fourth-order valence-corrected chi connectivity index (χ4v) is 4.08. The van der Waals surface area contributed by atoms with Gasteiger partial charge in [0.1, 0.15) is 15.7 Å². The van der Waals surface area contributed by atoms with Gasteiger partial charge >= 0.3 is 0 Å². The standard InChI is InChI=1S/C21H26FNO6S/c1-27-18-12-17(21(23)24)16(19(28-2)20(18)29-3)11-14(9-10-30(4,25)26)13-5-7-15(22)8-6-13/h5-8,12,14H,9-11H2,1-4H3,(H2,23,24). The molecule has 0 aromatic heterocycles. The van der Waals surface area contributed by atoms with E-state index >= 15 is 0 Å². The van der Waals surface area contributed by atoms with Crippen LogP contribution in [0.5, 0.6) is 17.2 Å². The number of halogens is 1. The number of hydrogen-bond acceptors (Lipinski definition) is 6. The van der Waals surface area contributed by atoms with Gasteiger partial charge in [0.2, 0.25) is 11.7 Å². The molecule has 2 aromatic carbocycles. The second-order valence-electron chi connectivity index (χ2n) is 6.91. The maximum atomic E-state index is 13.4. The Morgan fingerprint density at radius 2 is 1.67 bits per heavy atom. The summed E-state index contributed by atoms with van der Waals surface area (Å²) in [5.74, 6) is -0.659. The van der Waals surface area contributed by atoms with Crippen molar-refractivity contribution in [3.8, 4) is 17.2 Å². The number of amides is 1. The molecular formula is C21H26FNO6S. The van der Waals surface area contributed by atoms with E-state index < -0.39 is 21.6 Å². The molecule has 0 aliphatic rings. The summed E-state index contributed by atoms with van der Waals surface area (Å²) < 4.78 is 53.1. The first-order valence-corrected chi connectivity index (χ1v) is 11.2. The van der Waals surface area contributed by atoms with Crippen LogP contribution in [0.3, 0.4) is 0 Å². The quantitative estimate of drug-likeness (QED) is 0.610. The Morgan fingerprint density at radius 3 is 2.13 bits per heavy atom. The van der Waals surface area contributed by atoms with Gasteiger partial charge in [-0.15, -0.1) is 0 Å². The minimum atomic E-state index is -3.23. The Bertz CT molecular complexity index is 1010. The number of rotatable bonds is 10. The van der Waals surface area contributed by atoms with Crippen molar-refractivity contribution in [1.29, 1.82) is 0 Å². The zero-order valence-corrected chi connectivity index (χ0v) is 18.2. The number of hydrogen-bond donors (Lipinski definition) is 1. The zero-order valence-electron chi connectivity index (χ0n) is 17.4. The van der Waals surface area contributed by atoms with E-state index in [9.17, 15) is 17.6 Å². The van der Waals surface area contributed by atoms with Gasteiger partial charge in [-0.1, -0.05) is 12.1 Å². The van der Waals surface area contributed by atoms with Gasteiger partial charge in [0.25, 0.3) is 0 Å². The van der Waals surface area contributed by atoms with Crippen LogP contribution in [0, 0.1) is 5.82 Å². The lowest BCUT2D eigenvalue weighted by molar-refractivity contribution is 0.0998. The van der Waals surface area contributed by atoms with E-state index in [1.807, 2.05) is 0 Å². The lowest BCUT2D eigenvalue weighted by Gasteiger charge is -2.23. The highest BCUT2D eigenvalue weighted by Gasteiger charge is 2.26. The molecule has 0 bridgehead atoms. The fourth-order valence-electron chi connectivity index (χ4n) is 3.36. The molecule has 164 valence electrons. The smallest absolute Gasteiger partial charge is 0.249 e. The van der Waals surface area contributed by atoms with Crippen molar-refractivity contribution in [2.24, 2.45) is 5.73 Å². The summed E-state index contributed by atoms with van der Waals surface area (Å²) in [4.78, 5) is 12.2. The molecular weight excluding hydrogens is 413 g/mol. The first-order valence-electron chi connectivity index (χ1n) is 9.16. The number of carbonyl (C=O) groups is 1. The molecule has 30 heavy (non-hydrogen) atoms. The highest BCUT2D eigenvalue weighted by molar-refractivity contribution is 7.90. The molecule has 0 spiro atoms. The number of nitrogens with two attached hydrogens (primary N) is 1. The summed E-state index contributed by atoms with van der Waals surface area (Å²) in [6.45, 7) is 0. The SMILES string of the molecule is COc1cc(C(N)=O)c(CC(CCS(C)(=O)=O)c2ccc(F)cc2)c(OC)c1OC. The molecule has 0 aliphatic heterocycles. The topological polar surface area (TPSA) is 105 Å². The maximum Gasteiger partial charge on any atom is 0.249 e. The van der Waals surface area contributed by atoms with Crippen LogP contribution in [0.4, 0.5) is 4.39 Å². The normalized spacial score (nSPS) is 12.3. The average Bonchev–Trinajstić information content (AvgIpc) is 2.69. The summed E-state index contributed by atoms with van der Waals surface area (Å²) in [5.41, 5.74) is 6.96. The lowest BCUT2D eigenvalue weighted by Crippen LogP contribution is -2.18. The first kappa shape index (κ1) is 23.5. The second kappa shape index (κ2) is 9.80. The molecule has 0 fully saturated rings. The second-order valence-corrected chi connectivity index (χ2v) is 9.17. The van der Waals surface area contributed by atoms with Crippen LogP contribution in [0.1, 0.15) is 33.8 Å². The molecule has 1 unspecified atom stereocenters. The van der Waals surface area contributed by atoms with E-state index in [-0.39, 0.29) is 41.6 Å². The molecule has 2 rings (SSSR count). The van der Waals surface area contributed by atoms with Crippen molar-refractivity contribution in [1.82, 2.24) is 0 Å². The summed E-state index contributed by atoms with van der Waals surface area (Å²) in [5, 5.41) is 0. The molecule has 0 aliphatic carbocycles. The van der Waals surface area contributed by atoms with E-state index in [1.54, 1.807) is 12.1 Å². The number of benzene rings is 2. The van der Waals surface area contributed by atoms with Gasteiger partial charge in [-0.2, -0.15) is 0 Å². The molecule has 1 atom stereocenters. The van der Waals surface area contributed by atoms with Gasteiger partial charge < -0.3 is 19.9 Å². The van der Waals surface area contributed by atoms with Crippen LogP contribution >= 0.6 is 0 Å². The van der Waals surface area contributed by atoms with E-state index in [0.717, 1.165) is 11.8 Å². The maximum absolute atomic E-state index is 13.4. The number of primary amides is 1. The molecule has 1 amide bonds. The van der Waals surface area contributed by atoms with Crippen LogP contribution in [0.25, 0.3) is 0 Å². The highest BCUT2D eigenvalue weighted by atomic mass is 32.2. The largest absolute Gasteiger partial charge is 0.493 e. The molecule has 0 saturated carbocycles. The molecule has 9 heteroatoms. The van der Waals surface area contributed by atoms with E-state index in [0.29, 0.717) is 11.3 Å². The third kappa shape index (κ3) is 5.63. The highest BCUT2D eigenvalue weighted by Crippen LogP contribution is 2.44.